The fourth-order valence-corrected chi connectivity index (χ4v) is 8.22. The van der Waals surface area contributed by atoms with Crippen molar-refractivity contribution in [1.82, 2.24) is 0 Å². The van der Waals surface area contributed by atoms with Crippen molar-refractivity contribution < 1.29 is 8.85 Å². The first-order valence-corrected chi connectivity index (χ1v) is 14.6. The summed E-state index contributed by atoms with van der Waals surface area (Å²) in [6.45, 7) is 13.8. The van der Waals surface area contributed by atoms with Gasteiger partial charge in [-0.3, -0.25) is 0 Å². The first kappa shape index (κ1) is 23.2. The van der Waals surface area contributed by atoms with Gasteiger partial charge in [-0.2, -0.15) is 0 Å². The van der Waals surface area contributed by atoms with Crippen molar-refractivity contribution in [2.24, 2.45) is 5.11 Å². The van der Waals surface area contributed by atoms with Gasteiger partial charge in [0.25, 0.3) is 0 Å². The van der Waals surface area contributed by atoms with Crippen LogP contribution in [0.3, 0.4) is 0 Å². The lowest BCUT2D eigenvalue weighted by Crippen LogP contribution is -2.39. The predicted molar refractivity (Wildman–Crippen MR) is 108 cm³/mol. The monoisotopic (exact) mass is 371 g/mol. The molecule has 0 bridgehead atoms. The highest BCUT2D eigenvalue weighted by Gasteiger charge is 2.32. The number of rotatable bonds is 14. The fraction of sp³-hybridized carbons (Fsp3) is 0.882. The van der Waals surface area contributed by atoms with E-state index in [1.165, 1.54) is 0 Å². The lowest BCUT2D eigenvalue weighted by Gasteiger charge is -2.32. The van der Waals surface area contributed by atoms with E-state index in [1.54, 1.807) is 0 Å². The van der Waals surface area contributed by atoms with E-state index in [4.69, 9.17) is 14.4 Å². The number of hydrogen-bond acceptors (Lipinski definition) is 3. The average molecular weight is 372 g/mol. The normalized spacial score (nSPS) is 13.8. The van der Waals surface area contributed by atoms with E-state index in [2.05, 4.69) is 57.6 Å². The highest BCUT2D eigenvalue weighted by molar-refractivity contribution is 6.74. The van der Waals surface area contributed by atoms with Crippen LogP contribution in [0.15, 0.2) is 17.5 Å². The third-order valence-electron chi connectivity index (χ3n) is 5.46. The minimum absolute atomic E-state index is 0.0146. The second-order valence-electron chi connectivity index (χ2n) is 6.33. The number of hydrogen-bond donors (Lipinski definition) is 0. The Kier molecular flexibility index (Phi) is 12.2. The molecular weight excluding hydrogens is 334 g/mol. The molecule has 140 valence electrons. The van der Waals surface area contributed by atoms with Crippen LogP contribution in [0.5, 0.6) is 0 Å². The van der Waals surface area contributed by atoms with Gasteiger partial charge in [-0.15, -0.1) is 0 Å². The van der Waals surface area contributed by atoms with Crippen LogP contribution < -0.4 is 0 Å². The molecule has 0 radical (unpaired) electrons. The summed E-state index contributed by atoms with van der Waals surface area (Å²) in [6, 6.07) is 6.74. The molecule has 0 aliphatic carbocycles. The highest BCUT2D eigenvalue weighted by atomic mass is 28.4. The maximum Gasteiger partial charge on any atom is 0.249 e. The molecule has 0 aliphatic rings. The Balaban J connectivity index is 5.06. The summed E-state index contributed by atoms with van der Waals surface area (Å²) in [4.78, 5) is 2.86. The van der Waals surface area contributed by atoms with E-state index in [0.29, 0.717) is 6.54 Å². The maximum atomic E-state index is 8.52. The third kappa shape index (κ3) is 7.42. The minimum Gasteiger partial charge on any atom is -0.549 e. The van der Waals surface area contributed by atoms with Crippen LogP contribution in [0.4, 0.5) is 0 Å². The second kappa shape index (κ2) is 12.6. The Morgan fingerprint density at radius 2 is 1.42 bits per heavy atom. The molecule has 0 aromatic rings. The summed E-state index contributed by atoms with van der Waals surface area (Å²) in [5.41, 5.74) is 8.52. The van der Waals surface area contributed by atoms with Gasteiger partial charge in [0.15, 0.2) is 8.32 Å². The molecule has 0 heterocycles. The van der Waals surface area contributed by atoms with E-state index >= 15 is 0 Å². The fourth-order valence-electron chi connectivity index (χ4n) is 3.02. The zero-order valence-corrected chi connectivity index (χ0v) is 18.5. The average Bonchev–Trinajstić information content (AvgIpc) is 2.63. The molecule has 0 saturated carbocycles. The van der Waals surface area contributed by atoms with Gasteiger partial charge in [-0.05, 0) is 54.3 Å². The lowest BCUT2D eigenvalue weighted by atomic mass is 10.2. The molecule has 0 aliphatic heterocycles. The van der Waals surface area contributed by atoms with Gasteiger partial charge in [-0.25, -0.2) is 0 Å². The smallest absolute Gasteiger partial charge is 0.249 e. The van der Waals surface area contributed by atoms with E-state index in [-0.39, 0.29) is 6.10 Å². The summed E-state index contributed by atoms with van der Waals surface area (Å²) in [5, 5.41) is 3.67. The zero-order chi connectivity index (χ0) is 18.5. The van der Waals surface area contributed by atoms with Gasteiger partial charge in [-0.1, -0.05) is 46.7 Å². The molecule has 0 rings (SSSR count). The molecule has 24 heavy (non-hydrogen) atoms. The summed E-state index contributed by atoms with van der Waals surface area (Å²) in [6.07, 6.45) is 4.64. The van der Waals surface area contributed by atoms with Crippen LogP contribution in [-0.4, -0.2) is 29.3 Å². The number of nitrogens with zero attached hydrogens (tertiary/aromatic N) is 3. The van der Waals surface area contributed by atoms with E-state index < -0.39 is 16.6 Å². The topological polar surface area (TPSA) is 67.2 Å². The van der Waals surface area contributed by atoms with E-state index in [1.807, 2.05) is 6.26 Å². The Morgan fingerprint density at radius 3 is 1.83 bits per heavy atom. The standard InChI is InChI=1S/C17H37N3O2Si2/c1-7-23(8-2,9-3)21-16-14-17(13-15-19-20-18)22-24(10-4,11-5)12-6/h14,16-17H,7-13,15H2,1-6H3/b16-14+/t17-/m0/s1. The SMILES string of the molecule is CC[Si](CC)(CC)O/C=C/[C@H](CCN=[N+]=[N-])O[Si](CC)(CC)CC. The van der Waals surface area contributed by atoms with Crippen molar-refractivity contribution in [3.05, 3.63) is 22.8 Å². The summed E-state index contributed by atoms with van der Waals surface area (Å²) < 4.78 is 12.8. The molecule has 0 amide bonds. The van der Waals surface area contributed by atoms with Crippen LogP contribution in [0, 0.1) is 0 Å². The molecule has 0 spiro atoms. The van der Waals surface area contributed by atoms with Crippen molar-refractivity contribution in [3.8, 4) is 0 Å². The van der Waals surface area contributed by atoms with Gasteiger partial charge < -0.3 is 8.85 Å². The molecule has 0 saturated heterocycles. The van der Waals surface area contributed by atoms with Crippen LogP contribution >= 0.6 is 0 Å². The van der Waals surface area contributed by atoms with Gasteiger partial charge in [0, 0.05) is 11.5 Å². The van der Waals surface area contributed by atoms with Crippen molar-refractivity contribution >= 4 is 16.6 Å². The molecule has 0 N–H and O–H groups in total. The predicted octanol–water partition coefficient (Wildman–Crippen LogP) is 6.61. The third-order valence-corrected chi connectivity index (χ3v) is 14.6. The largest absolute Gasteiger partial charge is 0.549 e. The summed E-state index contributed by atoms with van der Waals surface area (Å²) >= 11 is 0. The minimum atomic E-state index is -1.69. The highest BCUT2D eigenvalue weighted by Crippen LogP contribution is 2.26. The first-order chi connectivity index (χ1) is 11.5. The molecule has 0 unspecified atom stereocenters. The van der Waals surface area contributed by atoms with Gasteiger partial charge in [0.1, 0.15) is 0 Å². The Labute approximate surface area is 150 Å². The van der Waals surface area contributed by atoms with Gasteiger partial charge >= 0.3 is 0 Å². The lowest BCUT2D eigenvalue weighted by molar-refractivity contribution is 0.222. The van der Waals surface area contributed by atoms with E-state index in [9.17, 15) is 0 Å². The molecule has 0 fully saturated rings. The Hall–Kier alpha value is -0.756. The van der Waals surface area contributed by atoms with Crippen molar-refractivity contribution in [2.75, 3.05) is 6.54 Å². The van der Waals surface area contributed by atoms with Crippen molar-refractivity contribution in [2.45, 2.75) is 90.3 Å². The Morgan fingerprint density at radius 1 is 0.917 bits per heavy atom. The first-order valence-electron chi connectivity index (χ1n) is 9.53. The van der Waals surface area contributed by atoms with Crippen LogP contribution in [0.25, 0.3) is 10.4 Å². The second-order valence-corrected chi connectivity index (χ2v) is 15.8. The zero-order valence-electron chi connectivity index (χ0n) is 16.5. The number of azide groups is 1. The van der Waals surface area contributed by atoms with E-state index in [0.717, 1.165) is 42.7 Å². The molecule has 0 aromatic carbocycles. The quantitative estimate of drug-likeness (QED) is 0.113. The molecule has 5 nitrogen and oxygen atoms in total. The molecule has 0 aromatic heterocycles. The maximum absolute atomic E-state index is 8.52. The van der Waals surface area contributed by atoms with Crippen LogP contribution in [0.1, 0.15) is 48.0 Å². The molecule has 7 heteroatoms. The molecule has 1 atom stereocenters. The summed E-state index contributed by atoms with van der Waals surface area (Å²) in [5.74, 6) is 0. The van der Waals surface area contributed by atoms with Crippen molar-refractivity contribution in [3.63, 3.8) is 0 Å². The van der Waals surface area contributed by atoms with Gasteiger partial charge in [0.05, 0.1) is 12.4 Å². The van der Waals surface area contributed by atoms with Crippen LogP contribution in [0.2, 0.25) is 36.3 Å². The summed E-state index contributed by atoms with van der Waals surface area (Å²) in [7, 11) is -3.31. The molecular formula is C17H37N3O2Si2. The van der Waals surface area contributed by atoms with Crippen LogP contribution in [-0.2, 0) is 8.85 Å². The van der Waals surface area contributed by atoms with Gasteiger partial charge in [0.2, 0.25) is 8.32 Å². The van der Waals surface area contributed by atoms with Crippen molar-refractivity contribution in [1.29, 1.82) is 0 Å². The Bertz CT molecular complexity index is 388.